The standard InChI is InChI=1S/C8H8ClFO3S/c1-14(11,12)13-5-6-2-3-7(10)4-8(6)9/h2-4H,5H2,1H3. The van der Waals surface area contributed by atoms with Crippen molar-refractivity contribution in [3.05, 3.63) is 34.6 Å². The van der Waals surface area contributed by atoms with Gasteiger partial charge in [0.25, 0.3) is 10.1 Å². The zero-order chi connectivity index (χ0) is 10.8. The van der Waals surface area contributed by atoms with Crippen LogP contribution in [0.2, 0.25) is 5.02 Å². The molecule has 3 nitrogen and oxygen atoms in total. The van der Waals surface area contributed by atoms with E-state index in [4.69, 9.17) is 11.6 Å². The summed E-state index contributed by atoms with van der Waals surface area (Å²) >= 11 is 5.64. The smallest absolute Gasteiger partial charge is 0.264 e. The third-order valence-electron chi connectivity index (χ3n) is 1.44. The van der Waals surface area contributed by atoms with Gasteiger partial charge in [-0.05, 0) is 17.7 Å². The van der Waals surface area contributed by atoms with Crippen LogP contribution in [0.5, 0.6) is 0 Å². The second-order valence-electron chi connectivity index (χ2n) is 2.70. The van der Waals surface area contributed by atoms with E-state index in [1.165, 1.54) is 12.1 Å². The van der Waals surface area contributed by atoms with E-state index >= 15 is 0 Å². The first-order chi connectivity index (χ1) is 6.38. The summed E-state index contributed by atoms with van der Waals surface area (Å²) in [5, 5.41) is 0.147. The average molecular weight is 239 g/mol. The molecule has 0 aliphatic rings. The lowest BCUT2D eigenvalue weighted by atomic mass is 10.2. The zero-order valence-electron chi connectivity index (χ0n) is 7.33. The van der Waals surface area contributed by atoms with Crippen molar-refractivity contribution in [1.29, 1.82) is 0 Å². The molecule has 0 amide bonds. The minimum atomic E-state index is -3.50. The van der Waals surface area contributed by atoms with Crippen LogP contribution in [0, 0.1) is 5.82 Å². The Balaban J connectivity index is 2.78. The number of rotatable bonds is 3. The van der Waals surface area contributed by atoms with Gasteiger partial charge < -0.3 is 0 Å². The van der Waals surface area contributed by atoms with E-state index < -0.39 is 15.9 Å². The molecule has 0 radical (unpaired) electrons. The Kier molecular flexibility index (Phi) is 3.47. The quantitative estimate of drug-likeness (QED) is 0.756. The van der Waals surface area contributed by atoms with Gasteiger partial charge in [0.15, 0.2) is 0 Å². The monoisotopic (exact) mass is 238 g/mol. The Morgan fingerprint density at radius 1 is 1.50 bits per heavy atom. The molecule has 78 valence electrons. The highest BCUT2D eigenvalue weighted by molar-refractivity contribution is 7.85. The van der Waals surface area contributed by atoms with Crippen molar-refractivity contribution in [3.63, 3.8) is 0 Å². The summed E-state index contributed by atoms with van der Waals surface area (Å²) in [4.78, 5) is 0. The fourth-order valence-electron chi connectivity index (χ4n) is 0.809. The van der Waals surface area contributed by atoms with Crippen molar-refractivity contribution in [2.45, 2.75) is 6.61 Å². The van der Waals surface area contributed by atoms with Gasteiger partial charge in [-0.2, -0.15) is 8.42 Å². The van der Waals surface area contributed by atoms with Crippen LogP contribution in [0.25, 0.3) is 0 Å². The Labute approximate surface area is 86.6 Å². The molecule has 1 aromatic rings. The third-order valence-corrected chi connectivity index (χ3v) is 2.34. The molecule has 0 aromatic heterocycles. The topological polar surface area (TPSA) is 43.4 Å². The maximum Gasteiger partial charge on any atom is 0.264 e. The Morgan fingerprint density at radius 2 is 2.14 bits per heavy atom. The number of halogens is 2. The van der Waals surface area contributed by atoms with Crippen molar-refractivity contribution < 1.29 is 17.0 Å². The van der Waals surface area contributed by atoms with Crippen LogP contribution < -0.4 is 0 Å². The van der Waals surface area contributed by atoms with Crippen LogP contribution in [-0.2, 0) is 20.9 Å². The van der Waals surface area contributed by atoms with Gasteiger partial charge in [0, 0.05) is 5.02 Å². The molecule has 0 saturated heterocycles. The van der Waals surface area contributed by atoms with Crippen molar-refractivity contribution >= 4 is 21.7 Å². The summed E-state index contributed by atoms with van der Waals surface area (Å²) in [6.45, 7) is -0.183. The highest BCUT2D eigenvalue weighted by atomic mass is 35.5. The molecule has 0 fully saturated rings. The van der Waals surface area contributed by atoms with Gasteiger partial charge in [-0.25, -0.2) is 4.39 Å². The molecule has 0 heterocycles. The lowest BCUT2D eigenvalue weighted by molar-refractivity contribution is 0.311. The molecule has 0 unspecified atom stereocenters. The molecular formula is C8H8ClFO3S. The molecule has 0 N–H and O–H groups in total. The van der Waals surface area contributed by atoms with E-state index in [0.29, 0.717) is 5.56 Å². The molecule has 6 heteroatoms. The molecule has 1 aromatic carbocycles. The second kappa shape index (κ2) is 4.25. The van der Waals surface area contributed by atoms with E-state index in [-0.39, 0.29) is 11.6 Å². The van der Waals surface area contributed by atoms with Gasteiger partial charge >= 0.3 is 0 Å². The summed E-state index contributed by atoms with van der Waals surface area (Å²) in [5.41, 5.74) is 0.429. The van der Waals surface area contributed by atoms with Gasteiger partial charge in [0.1, 0.15) is 5.82 Å². The van der Waals surface area contributed by atoms with Crippen LogP contribution in [0.4, 0.5) is 4.39 Å². The first-order valence-corrected chi connectivity index (χ1v) is 5.86. The van der Waals surface area contributed by atoms with Gasteiger partial charge in [0.2, 0.25) is 0 Å². The SMILES string of the molecule is CS(=O)(=O)OCc1ccc(F)cc1Cl. The molecule has 0 aliphatic heterocycles. The van der Waals surface area contributed by atoms with E-state index in [2.05, 4.69) is 4.18 Å². The van der Waals surface area contributed by atoms with Crippen LogP contribution in [0.15, 0.2) is 18.2 Å². The van der Waals surface area contributed by atoms with E-state index in [9.17, 15) is 12.8 Å². The molecule has 0 bridgehead atoms. The highest BCUT2D eigenvalue weighted by Gasteiger charge is 2.06. The molecule has 0 aliphatic carbocycles. The lowest BCUT2D eigenvalue weighted by Gasteiger charge is -2.03. The van der Waals surface area contributed by atoms with Gasteiger partial charge in [-0.1, -0.05) is 17.7 Å². The maximum atomic E-state index is 12.6. The Hall–Kier alpha value is -0.650. The molecule has 0 saturated carbocycles. The summed E-state index contributed by atoms with van der Waals surface area (Å²) < 4.78 is 38.4. The van der Waals surface area contributed by atoms with Crippen LogP contribution in [0.3, 0.4) is 0 Å². The maximum absolute atomic E-state index is 12.6. The van der Waals surface area contributed by atoms with Crippen molar-refractivity contribution in [3.8, 4) is 0 Å². The second-order valence-corrected chi connectivity index (χ2v) is 4.75. The van der Waals surface area contributed by atoms with Crippen molar-refractivity contribution in [1.82, 2.24) is 0 Å². The minimum absolute atomic E-state index is 0.147. The van der Waals surface area contributed by atoms with Crippen LogP contribution in [-0.4, -0.2) is 14.7 Å². The summed E-state index contributed by atoms with van der Waals surface area (Å²) in [5.74, 6) is -0.474. The molecule has 0 atom stereocenters. The van der Waals surface area contributed by atoms with E-state index in [0.717, 1.165) is 12.3 Å². The lowest BCUT2D eigenvalue weighted by Crippen LogP contribution is -2.03. The normalized spacial score (nSPS) is 11.6. The molecular weight excluding hydrogens is 231 g/mol. The Morgan fingerprint density at radius 3 is 2.64 bits per heavy atom. The highest BCUT2D eigenvalue weighted by Crippen LogP contribution is 2.18. The average Bonchev–Trinajstić information content (AvgIpc) is 2.00. The first kappa shape index (κ1) is 11.4. The summed E-state index contributed by atoms with van der Waals surface area (Å²) in [6.07, 6.45) is 0.935. The number of hydrogen-bond donors (Lipinski definition) is 0. The number of hydrogen-bond acceptors (Lipinski definition) is 3. The van der Waals surface area contributed by atoms with Crippen LogP contribution in [0.1, 0.15) is 5.56 Å². The fourth-order valence-corrected chi connectivity index (χ4v) is 1.37. The fraction of sp³-hybridized carbons (Fsp3) is 0.250. The van der Waals surface area contributed by atoms with Crippen LogP contribution >= 0.6 is 11.6 Å². The number of benzene rings is 1. The van der Waals surface area contributed by atoms with E-state index in [1.54, 1.807) is 0 Å². The van der Waals surface area contributed by atoms with E-state index in [1.807, 2.05) is 0 Å². The Bertz CT molecular complexity index is 430. The van der Waals surface area contributed by atoms with Gasteiger partial charge in [-0.3, -0.25) is 4.18 Å². The molecule has 0 spiro atoms. The van der Waals surface area contributed by atoms with Gasteiger partial charge in [0.05, 0.1) is 12.9 Å². The predicted octanol–water partition coefficient (Wildman–Crippen LogP) is 1.96. The zero-order valence-corrected chi connectivity index (χ0v) is 8.90. The predicted molar refractivity (Wildman–Crippen MR) is 51.0 cm³/mol. The summed E-state index contributed by atoms with van der Waals surface area (Å²) in [7, 11) is -3.50. The summed E-state index contributed by atoms with van der Waals surface area (Å²) in [6, 6.07) is 3.66. The van der Waals surface area contributed by atoms with Crippen molar-refractivity contribution in [2.75, 3.05) is 6.26 Å². The largest absolute Gasteiger partial charge is 0.265 e. The first-order valence-electron chi connectivity index (χ1n) is 3.67. The minimum Gasteiger partial charge on any atom is -0.265 e. The van der Waals surface area contributed by atoms with Crippen molar-refractivity contribution in [2.24, 2.45) is 0 Å². The molecule has 14 heavy (non-hydrogen) atoms. The van der Waals surface area contributed by atoms with Gasteiger partial charge in [-0.15, -0.1) is 0 Å². The molecule has 1 rings (SSSR count). The third kappa shape index (κ3) is 3.61.